The lowest BCUT2D eigenvalue weighted by Crippen LogP contribution is -2.43. The van der Waals surface area contributed by atoms with E-state index in [4.69, 9.17) is 23.2 Å². The average molecular weight is 317 g/mol. The summed E-state index contributed by atoms with van der Waals surface area (Å²) in [6.07, 6.45) is 1.32. The first-order chi connectivity index (χ1) is 9.43. The van der Waals surface area contributed by atoms with Gasteiger partial charge in [-0.25, -0.2) is 0 Å². The molecule has 0 saturated heterocycles. The van der Waals surface area contributed by atoms with Crippen molar-refractivity contribution in [3.8, 4) is 0 Å². The molecule has 1 unspecified atom stereocenters. The van der Waals surface area contributed by atoms with Crippen LogP contribution in [0.4, 0.5) is 0 Å². The Kier molecular flexibility index (Phi) is 6.82. The summed E-state index contributed by atoms with van der Waals surface area (Å²) in [6, 6.07) is 5.17. The van der Waals surface area contributed by atoms with Crippen molar-refractivity contribution in [2.24, 2.45) is 0 Å². The minimum atomic E-state index is -0.629. The first kappa shape index (κ1) is 16.8. The Morgan fingerprint density at radius 3 is 2.55 bits per heavy atom. The standard InChI is InChI=1S/C14H18Cl2N2O2/c1-3-9(2)18-14(20)13(19)17-7-6-10-4-5-11(15)8-12(10)16/h4-5,8-9H,3,6-7H2,1-2H3,(H,17,19)(H,18,20). The molecule has 1 aromatic rings. The molecule has 0 aliphatic rings. The van der Waals surface area contributed by atoms with Crippen LogP contribution in [-0.2, 0) is 16.0 Å². The van der Waals surface area contributed by atoms with E-state index in [1.54, 1.807) is 18.2 Å². The predicted octanol–water partition coefficient (Wildman–Crippen LogP) is 2.57. The number of hydrogen-bond acceptors (Lipinski definition) is 2. The van der Waals surface area contributed by atoms with E-state index in [9.17, 15) is 9.59 Å². The van der Waals surface area contributed by atoms with Crippen LogP contribution in [0, 0.1) is 0 Å². The maximum Gasteiger partial charge on any atom is 0.309 e. The molecule has 0 aliphatic carbocycles. The van der Waals surface area contributed by atoms with E-state index in [2.05, 4.69) is 10.6 Å². The summed E-state index contributed by atoms with van der Waals surface area (Å²) in [4.78, 5) is 23.0. The fourth-order valence-electron chi connectivity index (χ4n) is 1.51. The smallest absolute Gasteiger partial charge is 0.309 e. The van der Waals surface area contributed by atoms with Crippen molar-refractivity contribution in [2.75, 3.05) is 6.54 Å². The number of hydrogen-bond donors (Lipinski definition) is 2. The predicted molar refractivity (Wildman–Crippen MR) is 81.1 cm³/mol. The van der Waals surface area contributed by atoms with E-state index in [1.807, 2.05) is 13.8 Å². The highest BCUT2D eigenvalue weighted by molar-refractivity contribution is 6.35. The summed E-state index contributed by atoms with van der Waals surface area (Å²) in [6.45, 7) is 4.12. The SMILES string of the molecule is CCC(C)NC(=O)C(=O)NCCc1ccc(Cl)cc1Cl. The quantitative estimate of drug-likeness (QED) is 0.820. The Morgan fingerprint density at radius 1 is 1.25 bits per heavy atom. The second-order valence-corrected chi connectivity index (χ2v) is 5.37. The molecule has 1 aromatic carbocycles. The molecule has 6 heteroatoms. The van der Waals surface area contributed by atoms with Gasteiger partial charge in [0.25, 0.3) is 0 Å². The summed E-state index contributed by atoms with van der Waals surface area (Å²) in [5, 5.41) is 6.28. The average Bonchev–Trinajstić information content (AvgIpc) is 2.40. The summed E-state index contributed by atoms with van der Waals surface area (Å²) >= 11 is 11.8. The normalized spacial score (nSPS) is 11.8. The molecule has 4 nitrogen and oxygen atoms in total. The molecule has 0 radical (unpaired) electrons. The Bertz CT molecular complexity index is 492. The molecule has 2 amide bonds. The molecule has 0 aliphatic heterocycles. The third kappa shape index (κ3) is 5.39. The Morgan fingerprint density at radius 2 is 1.95 bits per heavy atom. The van der Waals surface area contributed by atoms with Crippen molar-refractivity contribution in [3.63, 3.8) is 0 Å². The molecule has 0 saturated carbocycles. The van der Waals surface area contributed by atoms with Crippen LogP contribution in [0.5, 0.6) is 0 Å². The minimum Gasteiger partial charge on any atom is -0.348 e. The first-order valence-corrected chi connectivity index (χ1v) is 7.22. The second-order valence-electron chi connectivity index (χ2n) is 4.52. The lowest BCUT2D eigenvalue weighted by Gasteiger charge is -2.11. The molecular formula is C14H18Cl2N2O2. The molecule has 2 N–H and O–H groups in total. The van der Waals surface area contributed by atoms with Crippen LogP contribution in [0.2, 0.25) is 10.0 Å². The second kappa shape index (κ2) is 8.12. The topological polar surface area (TPSA) is 58.2 Å². The van der Waals surface area contributed by atoms with Crippen LogP contribution in [0.15, 0.2) is 18.2 Å². The molecule has 0 fully saturated rings. The van der Waals surface area contributed by atoms with Gasteiger partial charge in [-0.15, -0.1) is 0 Å². The Labute approximate surface area is 128 Å². The maximum atomic E-state index is 11.5. The highest BCUT2D eigenvalue weighted by Gasteiger charge is 2.14. The number of benzene rings is 1. The van der Waals surface area contributed by atoms with Crippen molar-refractivity contribution in [3.05, 3.63) is 33.8 Å². The number of halogens is 2. The van der Waals surface area contributed by atoms with Crippen molar-refractivity contribution >= 4 is 35.0 Å². The van der Waals surface area contributed by atoms with E-state index in [1.165, 1.54) is 0 Å². The molecule has 0 spiro atoms. The van der Waals surface area contributed by atoms with E-state index in [-0.39, 0.29) is 6.04 Å². The maximum absolute atomic E-state index is 11.5. The largest absolute Gasteiger partial charge is 0.348 e. The lowest BCUT2D eigenvalue weighted by molar-refractivity contribution is -0.139. The number of carbonyl (C=O) groups is 2. The first-order valence-electron chi connectivity index (χ1n) is 6.46. The van der Waals surface area contributed by atoms with Crippen LogP contribution in [0.3, 0.4) is 0 Å². The molecule has 1 atom stereocenters. The van der Waals surface area contributed by atoms with Crippen LogP contribution in [0.1, 0.15) is 25.8 Å². The van der Waals surface area contributed by atoms with Crippen molar-refractivity contribution in [1.82, 2.24) is 10.6 Å². The van der Waals surface area contributed by atoms with Gasteiger partial charge >= 0.3 is 11.8 Å². The van der Waals surface area contributed by atoms with Gasteiger partial charge in [0.05, 0.1) is 0 Å². The summed E-state index contributed by atoms with van der Waals surface area (Å²) < 4.78 is 0. The van der Waals surface area contributed by atoms with Gasteiger partial charge in [-0.05, 0) is 37.5 Å². The molecule has 0 bridgehead atoms. The van der Waals surface area contributed by atoms with Gasteiger partial charge in [-0.3, -0.25) is 9.59 Å². The number of carbonyl (C=O) groups excluding carboxylic acids is 2. The van der Waals surface area contributed by atoms with Crippen molar-refractivity contribution in [2.45, 2.75) is 32.7 Å². The fourth-order valence-corrected chi connectivity index (χ4v) is 2.01. The number of nitrogens with one attached hydrogen (secondary N) is 2. The molecular weight excluding hydrogens is 299 g/mol. The number of amides is 2. The monoisotopic (exact) mass is 316 g/mol. The van der Waals surface area contributed by atoms with E-state index >= 15 is 0 Å². The fraction of sp³-hybridized carbons (Fsp3) is 0.429. The zero-order valence-corrected chi connectivity index (χ0v) is 13.0. The molecule has 0 aromatic heterocycles. The van der Waals surface area contributed by atoms with Crippen LogP contribution in [0.25, 0.3) is 0 Å². The van der Waals surface area contributed by atoms with Crippen LogP contribution >= 0.6 is 23.2 Å². The molecule has 20 heavy (non-hydrogen) atoms. The van der Waals surface area contributed by atoms with Gasteiger partial charge in [0.1, 0.15) is 0 Å². The van der Waals surface area contributed by atoms with Gasteiger partial charge in [-0.1, -0.05) is 36.2 Å². The van der Waals surface area contributed by atoms with Gasteiger partial charge in [0.2, 0.25) is 0 Å². The van der Waals surface area contributed by atoms with Crippen LogP contribution in [-0.4, -0.2) is 24.4 Å². The van der Waals surface area contributed by atoms with E-state index < -0.39 is 11.8 Å². The van der Waals surface area contributed by atoms with Crippen molar-refractivity contribution < 1.29 is 9.59 Å². The molecule has 0 heterocycles. The summed E-state index contributed by atoms with van der Waals surface area (Å²) in [5.74, 6) is -1.24. The van der Waals surface area contributed by atoms with E-state index in [0.29, 0.717) is 23.0 Å². The Balaban J connectivity index is 2.40. The van der Waals surface area contributed by atoms with Gasteiger partial charge in [-0.2, -0.15) is 0 Å². The zero-order chi connectivity index (χ0) is 15.1. The summed E-state index contributed by atoms with van der Waals surface area (Å²) in [7, 11) is 0. The minimum absolute atomic E-state index is 0.0149. The molecule has 1 rings (SSSR count). The third-order valence-electron chi connectivity index (χ3n) is 2.89. The van der Waals surface area contributed by atoms with Gasteiger partial charge < -0.3 is 10.6 Å². The van der Waals surface area contributed by atoms with Crippen molar-refractivity contribution in [1.29, 1.82) is 0 Å². The number of rotatable bonds is 5. The van der Waals surface area contributed by atoms with Crippen LogP contribution < -0.4 is 10.6 Å². The van der Waals surface area contributed by atoms with Gasteiger partial charge in [0.15, 0.2) is 0 Å². The molecule has 110 valence electrons. The van der Waals surface area contributed by atoms with Gasteiger partial charge in [0, 0.05) is 22.6 Å². The highest BCUT2D eigenvalue weighted by Crippen LogP contribution is 2.20. The Hall–Kier alpha value is -1.26. The lowest BCUT2D eigenvalue weighted by atomic mass is 10.1. The third-order valence-corrected chi connectivity index (χ3v) is 3.48. The summed E-state index contributed by atoms with van der Waals surface area (Å²) in [5.41, 5.74) is 0.874. The highest BCUT2D eigenvalue weighted by atomic mass is 35.5. The zero-order valence-electron chi connectivity index (χ0n) is 11.5. The van der Waals surface area contributed by atoms with E-state index in [0.717, 1.165) is 12.0 Å².